The van der Waals surface area contributed by atoms with Gasteiger partial charge in [0.15, 0.2) is 0 Å². The second kappa shape index (κ2) is 14.8. The minimum absolute atomic E-state index is 1.06. The summed E-state index contributed by atoms with van der Waals surface area (Å²) >= 11 is 0. The molecule has 0 fully saturated rings. The van der Waals surface area contributed by atoms with E-state index in [9.17, 15) is 0 Å². The molecule has 0 bridgehead atoms. The molecule has 0 spiro atoms. The molecule has 0 aliphatic heterocycles. The smallest absolute Gasteiger partial charge is 0.0540 e. The quantitative estimate of drug-likeness (QED) is 0.149. The molecule has 9 rings (SSSR count). The Morgan fingerprint density at radius 2 is 0.685 bits per heavy atom. The van der Waals surface area contributed by atoms with Crippen molar-refractivity contribution in [1.82, 2.24) is 0 Å². The highest BCUT2D eigenvalue weighted by atomic mass is 15.2. The molecular weight excluding hydrogens is 653 g/mol. The second-order valence-corrected chi connectivity index (χ2v) is 13.4. The van der Waals surface area contributed by atoms with Gasteiger partial charge in [0.05, 0.1) is 5.69 Å². The lowest BCUT2D eigenvalue weighted by atomic mass is 9.96. The molecule has 0 saturated heterocycles. The van der Waals surface area contributed by atoms with Crippen molar-refractivity contribution in [2.75, 3.05) is 9.80 Å². The lowest BCUT2D eigenvalue weighted by molar-refractivity contribution is 1.25. The molecule has 2 heteroatoms. The van der Waals surface area contributed by atoms with E-state index in [4.69, 9.17) is 0 Å². The molecule has 0 amide bonds. The van der Waals surface area contributed by atoms with Gasteiger partial charge < -0.3 is 9.80 Å². The first kappa shape index (κ1) is 32.7. The van der Waals surface area contributed by atoms with Gasteiger partial charge in [-0.1, -0.05) is 170 Å². The summed E-state index contributed by atoms with van der Waals surface area (Å²) in [7, 11) is 0. The Morgan fingerprint density at radius 1 is 0.241 bits per heavy atom. The number of nitrogens with zero attached hydrogens (tertiary/aromatic N) is 2. The molecule has 0 saturated carbocycles. The van der Waals surface area contributed by atoms with Gasteiger partial charge in [0, 0.05) is 34.0 Å². The third-order valence-electron chi connectivity index (χ3n) is 10.0. The first-order chi connectivity index (χ1) is 26.8. The summed E-state index contributed by atoms with van der Waals surface area (Å²) in [6.45, 7) is 0. The van der Waals surface area contributed by atoms with Crippen LogP contribution in [0.4, 0.5) is 34.1 Å². The van der Waals surface area contributed by atoms with Gasteiger partial charge in [0.2, 0.25) is 0 Å². The maximum absolute atomic E-state index is 2.41. The van der Waals surface area contributed by atoms with Crippen LogP contribution in [0.2, 0.25) is 0 Å². The van der Waals surface area contributed by atoms with Crippen molar-refractivity contribution in [2.24, 2.45) is 0 Å². The van der Waals surface area contributed by atoms with Crippen molar-refractivity contribution < 1.29 is 0 Å². The van der Waals surface area contributed by atoms with E-state index in [0.29, 0.717) is 0 Å². The number of rotatable bonds is 9. The zero-order valence-electron chi connectivity index (χ0n) is 29.8. The van der Waals surface area contributed by atoms with Crippen LogP contribution in [0.15, 0.2) is 231 Å². The summed E-state index contributed by atoms with van der Waals surface area (Å²) in [4.78, 5) is 4.77. The maximum atomic E-state index is 2.41. The normalized spacial score (nSPS) is 11.0. The zero-order chi connectivity index (χ0) is 36.1. The number of para-hydroxylation sites is 4. The van der Waals surface area contributed by atoms with E-state index in [1.165, 1.54) is 27.5 Å². The van der Waals surface area contributed by atoms with E-state index >= 15 is 0 Å². The van der Waals surface area contributed by atoms with Crippen LogP contribution in [0.1, 0.15) is 0 Å². The molecule has 0 atom stereocenters. The Morgan fingerprint density at radius 3 is 1.33 bits per heavy atom. The fourth-order valence-electron chi connectivity index (χ4n) is 7.48. The molecule has 9 aromatic carbocycles. The SMILES string of the molecule is c1ccc(-c2ccc(-c3ccccc3N(c3ccccc3)c3cc(-c4cccc5ccccc45)cc(N(c4ccccc4)c4ccccc4)c3)cc2)cc1. The highest BCUT2D eigenvalue weighted by Gasteiger charge is 2.21. The third kappa shape index (κ3) is 6.53. The van der Waals surface area contributed by atoms with Gasteiger partial charge in [0.25, 0.3) is 0 Å². The molecule has 0 heterocycles. The fraction of sp³-hybridized carbons (Fsp3) is 0. The van der Waals surface area contributed by atoms with Crippen LogP contribution in [-0.2, 0) is 0 Å². The van der Waals surface area contributed by atoms with E-state index in [1.807, 2.05) is 0 Å². The van der Waals surface area contributed by atoms with Gasteiger partial charge in [-0.2, -0.15) is 0 Å². The lowest BCUT2D eigenvalue weighted by Crippen LogP contribution is -2.14. The largest absolute Gasteiger partial charge is 0.310 e. The van der Waals surface area contributed by atoms with Crippen LogP contribution < -0.4 is 9.80 Å². The van der Waals surface area contributed by atoms with Crippen LogP contribution in [0.3, 0.4) is 0 Å². The number of fused-ring (bicyclic) bond motifs is 1. The fourth-order valence-corrected chi connectivity index (χ4v) is 7.48. The topological polar surface area (TPSA) is 6.48 Å². The van der Waals surface area contributed by atoms with Crippen molar-refractivity contribution in [3.63, 3.8) is 0 Å². The van der Waals surface area contributed by atoms with Gasteiger partial charge in [-0.3, -0.25) is 0 Å². The van der Waals surface area contributed by atoms with Crippen molar-refractivity contribution in [1.29, 1.82) is 0 Å². The highest BCUT2D eigenvalue weighted by molar-refractivity contribution is 5.99. The number of hydrogen-bond acceptors (Lipinski definition) is 2. The highest BCUT2D eigenvalue weighted by Crippen LogP contribution is 2.46. The van der Waals surface area contributed by atoms with Crippen molar-refractivity contribution in [2.45, 2.75) is 0 Å². The van der Waals surface area contributed by atoms with Gasteiger partial charge >= 0.3 is 0 Å². The first-order valence-corrected chi connectivity index (χ1v) is 18.4. The average Bonchev–Trinajstić information content (AvgIpc) is 3.25. The third-order valence-corrected chi connectivity index (χ3v) is 10.0. The molecular formula is C52H38N2. The number of anilines is 6. The van der Waals surface area contributed by atoms with Crippen LogP contribution in [-0.4, -0.2) is 0 Å². The molecule has 2 nitrogen and oxygen atoms in total. The summed E-state index contributed by atoms with van der Waals surface area (Å²) in [6.07, 6.45) is 0. The van der Waals surface area contributed by atoms with Gasteiger partial charge in [-0.05, 0) is 99.3 Å². The van der Waals surface area contributed by atoms with E-state index < -0.39 is 0 Å². The average molecular weight is 691 g/mol. The standard InChI is InChI=1S/C52H38N2/c1-5-18-39(19-6-1)40-32-34-42(35-33-40)51-29-15-16-31-52(51)54(46-26-11-4-12-27-46)48-37-43(50-30-17-21-41-20-13-14-28-49(41)50)36-47(38-48)53(44-22-7-2-8-23-44)45-24-9-3-10-25-45/h1-38H. The Hall–Kier alpha value is -7.16. The monoisotopic (exact) mass is 690 g/mol. The van der Waals surface area contributed by atoms with Crippen molar-refractivity contribution >= 4 is 44.9 Å². The van der Waals surface area contributed by atoms with Gasteiger partial charge in [0.1, 0.15) is 0 Å². The van der Waals surface area contributed by atoms with Crippen LogP contribution >= 0.6 is 0 Å². The summed E-state index contributed by atoms with van der Waals surface area (Å²) in [6, 6.07) is 82.6. The molecule has 0 radical (unpaired) electrons. The van der Waals surface area contributed by atoms with Crippen LogP contribution in [0.25, 0.3) is 44.2 Å². The molecule has 0 N–H and O–H groups in total. The van der Waals surface area contributed by atoms with E-state index in [1.54, 1.807) is 0 Å². The van der Waals surface area contributed by atoms with Crippen molar-refractivity contribution in [3.05, 3.63) is 231 Å². The molecule has 256 valence electrons. The summed E-state index contributed by atoms with van der Waals surface area (Å²) in [5, 5.41) is 2.44. The summed E-state index contributed by atoms with van der Waals surface area (Å²) < 4.78 is 0. The van der Waals surface area contributed by atoms with Crippen LogP contribution in [0.5, 0.6) is 0 Å². The summed E-state index contributed by atoms with van der Waals surface area (Å²) in [5.41, 5.74) is 13.6. The van der Waals surface area contributed by atoms with Gasteiger partial charge in [-0.15, -0.1) is 0 Å². The first-order valence-electron chi connectivity index (χ1n) is 18.4. The Kier molecular flexibility index (Phi) is 8.99. The molecule has 54 heavy (non-hydrogen) atoms. The number of benzene rings is 9. The van der Waals surface area contributed by atoms with Gasteiger partial charge in [-0.25, -0.2) is 0 Å². The van der Waals surface area contributed by atoms with E-state index in [0.717, 1.165) is 50.8 Å². The zero-order valence-corrected chi connectivity index (χ0v) is 29.8. The van der Waals surface area contributed by atoms with E-state index in [-0.39, 0.29) is 0 Å². The Balaban J connectivity index is 1.29. The second-order valence-electron chi connectivity index (χ2n) is 13.4. The number of hydrogen-bond donors (Lipinski definition) is 0. The predicted molar refractivity (Wildman–Crippen MR) is 230 cm³/mol. The predicted octanol–water partition coefficient (Wildman–Crippen LogP) is 14.8. The minimum atomic E-state index is 1.06. The molecule has 0 aromatic heterocycles. The maximum Gasteiger partial charge on any atom is 0.0540 e. The molecule has 0 unspecified atom stereocenters. The summed E-state index contributed by atoms with van der Waals surface area (Å²) in [5.74, 6) is 0. The van der Waals surface area contributed by atoms with E-state index in [2.05, 4.69) is 240 Å². The molecule has 0 aliphatic rings. The molecule has 0 aliphatic carbocycles. The van der Waals surface area contributed by atoms with Crippen LogP contribution in [0, 0.1) is 0 Å². The lowest BCUT2D eigenvalue weighted by Gasteiger charge is -2.31. The molecule has 9 aromatic rings. The Labute approximate surface area is 317 Å². The van der Waals surface area contributed by atoms with Crippen molar-refractivity contribution in [3.8, 4) is 33.4 Å². The minimum Gasteiger partial charge on any atom is -0.310 e. The Bertz CT molecular complexity index is 2590.